The number of carbonyl (C=O) groups is 2. The van der Waals surface area contributed by atoms with Gasteiger partial charge in [-0.15, -0.1) is 0 Å². The molecule has 0 heterocycles. The van der Waals surface area contributed by atoms with Gasteiger partial charge in [-0.05, 0) is 25.1 Å². The summed E-state index contributed by atoms with van der Waals surface area (Å²) in [5, 5.41) is 3.42. The van der Waals surface area contributed by atoms with Crippen LogP contribution in [0.4, 0.5) is 0 Å². The molecule has 0 spiro atoms. The van der Waals surface area contributed by atoms with E-state index in [4.69, 9.17) is 27.9 Å². The van der Waals surface area contributed by atoms with Crippen molar-refractivity contribution >= 4 is 35.1 Å². The first-order valence-corrected chi connectivity index (χ1v) is 6.62. The van der Waals surface area contributed by atoms with Gasteiger partial charge in [0.05, 0.1) is 18.6 Å². The minimum Gasteiger partial charge on any atom is -0.482 e. The Kier molecular flexibility index (Phi) is 6.61. The van der Waals surface area contributed by atoms with Gasteiger partial charge in [-0.2, -0.15) is 0 Å². The highest BCUT2D eigenvalue weighted by atomic mass is 35.5. The molecule has 0 aliphatic rings. The van der Waals surface area contributed by atoms with Gasteiger partial charge in [0.2, 0.25) is 0 Å². The number of amides is 1. The maximum Gasteiger partial charge on any atom is 0.307 e. The van der Waals surface area contributed by atoms with E-state index in [0.717, 1.165) is 0 Å². The molecule has 0 aliphatic carbocycles. The number of hydrogen-bond donors (Lipinski definition) is 1. The molecule has 1 N–H and O–H groups in total. The fourth-order valence-electron chi connectivity index (χ4n) is 1.44. The van der Waals surface area contributed by atoms with Crippen LogP contribution in [0.2, 0.25) is 10.0 Å². The molecule has 1 aromatic rings. The van der Waals surface area contributed by atoms with Crippen molar-refractivity contribution in [2.45, 2.75) is 19.4 Å². The Labute approximate surface area is 127 Å². The second kappa shape index (κ2) is 7.97. The summed E-state index contributed by atoms with van der Waals surface area (Å²) in [6.45, 7) is 1.50. The zero-order valence-corrected chi connectivity index (χ0v) is 12.6. The van der Waals surface area contributed by atoms with E-state index >= 15 is 0 Å². The van der Waals surface area contributed by atoms with Gasteiger partial charge in [-0.25, -0.2) is 0 Å². The molecule has 20 heavy (non-hydrogen) atoms. The lowest BCUT2D eigenvalue weighted by molar-refractivity contribution is -0.141. The largest absolute Gasteiger partial charge is 0.482 e. The molecule has 0 saturated carbocycles. The molecular formula is C13H15Cl2NO4. The van der Waals surface area contributed by atoms with Crippen LogP contribution in [0.3, 0.4) is 0 Å². The molecule has 1 atom stereocenters. The van der Waals surface area contributed by atoms with Gasteiger partial charge in [0, 0.05) is 11.1 Å². The zero-order chi connectivity index (χ0) is 15.1. The summed E-state index contributed by atoms with van der Waals surface area (Å²) in [5.74, 6) is -0.376. The number of benzene rings is 1. The van der Waals surface area contributed by atoms with Gasteiger partial charge in [0.15, 0.2) is 6.61 Å². The molecule has 1 rings (SSSR count). The summed E-state index contributed by atoms with van der Waals surface area (Å²) in [4.78, 5) is 22.6. The van der Waals surface area contributed by atoms with Crippen LogP contribution >= 0.6 is 23.2 Å². The van der Waals surface area contributed by atoms with Crippen molar-refractivity contribution in [3.05, 3.63) is 28.2 Å². The van der Waals surface area contributed by atoms with Crippen molar-refractivity contribution in [2.75, 3.05) is 13.7 Å². The third-order valence-electron chi connectivity index (χ3n) is 2.36. The van der Waals surface area contributed by atoms with Crippen molar-refractivity contribution in [2.24, 2.45) is 0 Å². The number of ether oxygens (including phenoxy) is 2. The Bertz CT molecular complexity index is 493. The third-order valence-corrected chi connectivity index (χ3v) is 2.89. The summed E-state index contributed by atoms with van der Waals surface area (Å²) in [6.07, 6.45) is 0.101. The fraction of sp³-hybridized carbons (Fsp3) is 0.385. The van der Waals surface area contributed by atoms with Crippen LogP contribution in [0.1, 0.15) is 13.3 Å². The molecule has 7 heteroatoms. The molecule has 0 bridgehead atoms. The Morgan fingerprint density at radius 1 is 1.35 bits per heavy atom. The van der Waals surface area contributed by atoms with Gasteiger partial charge >= 0.3 is 5.97 Å². The fourth-order valence-corrected chi connectivity index (χ4v) is 1.90. The Morgan fingerprint density at radius 2 is 2.05 bits per heavy atom. The lowest BCUT2D eigenvalue weighted by atomic mass is 10.2. The first-order chi connectivity index (χ1) is 9.42. The van der Waals surface area contributed by atoms with E-state index in [9.17, 15) is 9.59 Å². The molecular weight excluding hydrogens is 305 g/mol. The third kappa shape index (κ3) is 5.67. The van der Waals surface area contributed by atoms with E-state index < -0.39 is 0 Å². The molecule has 0 aliphatic heterocycles. The number of methoxy groups -OCH3 is 1. The van der Waals surface area contributed by atoms with Crippen LogP contribution < -0.4 is 10.1 Å². The monoisotopic (exact) mass is 319 g/mol. The highest BCUT2D eigenvalue weighted by Gasteiger charge is 2.13. The van der Waals surface area contributed by atoms with Crippen LogP contribution in [0.25, 0.3) is 0 Å². The van der Waals surface area contributed by atoms with Gasteiger partial charge in [-0.1, -0.05) is 23.2 Å². The average Bonchev–Trinajstić information content (AvgIpc) is 2.37. The number of nitrogens with one attached hydrogen (secondary N) is 1. The summed E-state index contributed by atoms with van der Waals surface area (Å²) < 4.78 is 9.77. The predicted octanol–water partition coefficient (Wildman–Crippen LogP) is 2.44. The van der Waals surface area contributed by atoms with E-state index in [1.54, 1.807) is 19.1 Å². The summed E-state index contributed by atoms with van der Waals surface area (Å²) in [7, 11) is 1.29. The molecule has 1 aromatic carbocycles. The average molecular weight is 320 g/mol. The van der Waals surface area contributed by atoms with Crippen LogP contribution in [0.5, 0.6) is 5.75 Å². The zero-order valence-electron chi connectivity index (χ0n) is 11.1. The number of carbonyl (C=O) groups excluding carboxylic acids is 2. The maximum atomic E-state index is 11.6. The molecule has 0 radical (unpaired) electrons. The lowest BCUT2D eigenvalue weighted by Crippen LogP contribution is -2.37. The Hall–Kier alpha value is -1.46. The standard InChI is InChI=1S/C13H15Cl2NO4/c1-8(5-13(18)19-2)16-12(17)7-20-11-4-3-9(14)6-10(11)15/h3-4,6,8H,5,7H2,1-2H3,(H,16,17). The molecule has 0 fully saturated rings. The summed E-state index contributed by atoms with van der Waals surface area (Å²) >= 11 is 11.7. The molecule has 1 unspecified atom stereocenters. The van der Waals surface area contributed by atoms with Crippen molar-refractivity contribution in [3.63, 3.8) is 0 Å². The minimum absolute atomic E-state index is 0.101. The van der Waals surface area contributed by atoms with E-state index in [1.165, 1.54) is 13.2 Å². The Morgan fingerprint density at radius 3 is 2.65 bits per heavy atom. The van der Waals surface area contributed by atoms with E-state index in [1.807, 2.05) is 0 Å². The molecule has 110 valence electrons. The summed E-state index contributed by atoms with van der Waals surface area (Å²) in [5.41, 5.74) is 0. The van der Waals surface area contributed by atoms with E-state index in [0.29, 0.717) is 15.8 Å². The van der Waals surface area contributed by atoms with Gasteiger partial charge in [-0.3, -0.25) is 9.59 Å². The molecule has 0 aromatic heterocycles. The first kappa shape index (κ1) is 16.6. The molecule has 5 nitrogen and oxygen atoms in total. The van der Waals surface area contributed by atoms with E-state index in [2.05, 4.69) is 10.1 Å². The summed E-state index contributed by atoms with van der Waals surface area (Å²) in [6, 6.07) is 4.38. The predicted molar refractivity (Wildman–Crippen MR) is 76.2 cm³/mol. The first-order valence-electron chi connectivity index (χ1n) is 5.86. The highest BCUT2D eigenvalue weighted by Crippen LogP contribution is 2.27. The highest BCUT2D eigenvalue weighted by molar-refractivity contribution is 6.35. The van der Waals surface area contributed by atoms with Crippen LogP contribution in [-0.2, 0) is 14.3 Å². The quantitative estimate of drug-likeness (QED) is 0.818. The number of esters is 1. The van der Waals surface area contributed by atoms with Gasteiger partial charge in [0.25, 0.3) is 5.91 Å². The second-order valence-corrected chi connectivity index (χ2v) is 4.96. The van der Waals surface area contributed by atoms with Crippen LogP contribution in [0, 0.1) is 0 Å². The van der Waals surface area contributed by atoms with E-state index in [-0.39, 0.29) is 30.9 Å². The van der Waals surface area contributed by atoms with Gasteiger partial charge in [0.1, 0.15) is 5.75 Å². The van der Waals surface area contributed by atoms with Crippen molar-refractivity contribution in [1.82, 2.24) is 5.32 Å². The molecule has 0 saturated heterocycles. The number of rotatable bonds is 6. The number of hydrogen-bond acceptors (Lipinski definition) is 4. The topological polar surface area (TPSA) is 64.6 Å². The SMILES string of the molecule is COC(=O)CC(C)NC(=O)COc1ccc(Cl)cc1Cl. The minimum atomic E-state index is -0.389. The number of halogens is 2. The van der Waals surface area contributed by atoms with Crippen LogP contribution in [0.15, 0.2) is 18.2 Å². The van der Waals surface area contributed by atoms with Gasteiger partial charge < -0.3 is 14.8 Å². The second-order valence-electron chi connectivity index (χ2n) is 4.11. The van der Waals surface area contributed by atoms with Crippen molar-refractivity contribution in [1.29, 1.82) is 0 Å². The lowest BCUT2D eigenvalue weighted by Gasteiger charge is -2.13. The molecule has 1 amide bonds. The van der Waals surface area contributed by atoms with Crippen LogP contribution in [-0.4, -0.2) is 31.6 Å². The van der Waals surface area contributed by atoms with Crippen molar-refractivity contribution < 1.29 is 19.1 Å². The smallest absolute Gasteiger partial charge is 0.307 e. The van der Waals surface area contributed by atoms with Crippen molar-refractivity contribution in [3.8, 4) is 5.75 Å². The Balaban J connectivity index is 2.41. The normalized spacial score (nSPS) is 11.6. The maximum absolute atomic E-state index is 11.6.